The number of sulfonamides is 1. The molecule has 2 aromatic rings. The smallest absolute Gasteiger partial charge is 0.241 e. The van der Waals surface area contributed by atoms with E-state index in [1.54, 1.807) is 24.3 Å². The summed E-state index contributed by atoms with van der Waals surface area (Å²) >= 11 is 3.19. The van der Waals surface area contributed by atoms with Crippen LogP contribution in [-0.2, 0) is 16.6 Å². The normalized spacial score (nSPS) is 11.0. The zero-order valence-corrected chi connectivity index (χ0v) is 13.3. The number of rotatable bonds is 4. The van der Waals surface area contributed by atoms with Gasteiger partial charge >= 0.3 is 0 Å². The fraction of sp³-hybridized carbons (Fsp3) is 0.0714. The van der Waals surface area contributed by atoms with Crippen molar-refractivity contribution in [2.45, 2.75) is 11.4 Å². The molecule has 2 aromatic carbocycles. The van der Waals surface area contributed by atoms with Crippen LogP contribution in [0, 0.1) is 11.3 Å². The summed E-state index contributed by atoms with van der Waals surface area (Å²) in [7, 11) is -3.64. The zero-order valence-electron chi connectivity index (χ0n) is 10.9. The highest BCUT2D eigenvalue weighted by atomic mass is 79.9. The van der Waals surface area contributed by atoms with E-state index in [4.69, 9.17) is 11.0 Å². The first kappa shape index (κ1) is 15.5. The maximum atomic E-state index is 12.2. The van der Waals surface area contributed by atoms with E-state index >= 15 is 0 Å². The van der Waals surface area contributed by atoms with E-state index in [-0.39, 0.29) is 11.4 Å². The van der Waals surface area contributed by atoms with Crippen LogP contribution in [0.3, 0.4) is 0 Å². The largest absolute Gasteiger partial charge is 0.399 e. The summed E-state index contributed by atoms with van der Waals surface area (Å²) < 4.78 is 27.4. The Hall–Kier alpha value is -1.88. The summed E-state index contributed by atoms with van der Waals surface area (Å²) in [5.74, 6) is 0. The Morgan fingerprint density at radius 2 is 1.86 bits per heavy atom. The van der Waals surface area contributed by atoms with Crippen LogP contribution in [0.5, 0.6) is 0 Å². The standard InChI is InChI=1S/C14H12BrN3O2S/c15-13-7-12(17)5-6-14(13)21(19,20)18-9-11-3-1-10(8-16)2-4-11/h1-7,18H,9,17H2. The van der Waals surface area contributed by atoms with Crippen LogP contribution in [0.25, 0.3) is 0 Å². The Kier molecular flexibility index (Phi) is 4.63. The second-order valence-electron chi connectivity index (χ2n) is 4.32. The number of benzene rings is 2. The predicted octanol–water partition coefficient (Wildman–Crippen LogP) is 2.38. The van der Waals surface area contributed by atoms with Gasteiger partial charge < -0.3 is 5.73 Å². The van der Waals surface area contributed by atoms with Gasteiger partial charge in [-0.15, -0.1) is 0 Å². The molecule has 3 N–H and O–H groups in total. The average molecular weight is 366 g/mol. The molecule has 0 amide bonds. The van der Waals surface area contributed by atoms with Crippen molar-refractivity contribution in [2.75, 3.05) is 5.73 Å². The average Bonchev–Trinajstić information content (AvgIpc) is 2.45. The lowest BCUT2D eigenvalue weighted by molar-refractivity contribution is 0.581. The van der Waals surface area contributed by atoms with Crippen molar-refractivity contribution in [2.24, 2.45) is 0 Å². The summed E-state index contributed by atoms with van der Waals surface area (Å²) in [6.45, 7) is 0.144. The molecule has 108 valence electrons. The monoisotopic (exact) mass is 365 g/mol. The molecule has 0 saturated carbocycles. The van der Waals surface area contributed by atoms with Crippen LogP contribution in [0.2, 0.25) is 0 Å². The first-order valence-corrected chi connectivity index (χ1v) is 8.24. The molecular weight excluding hydrogens is 354 g/mol. The lowest BCUT2D eigenvalue weighted by Crippen LogP contribution is -2.23. The fourth-order valence-electron chi connectivity index (χ4n) is 1.69. The summed E-state index contributed by atoms with van der Waals surface area (Å²) in [5.41, 5.74) is 7.37. The second kappa shape index (κ2) is 6.26. The topological polar surface area (TPSA) is 96.0 Å². The number of anilines is 1. The summed E-state index contributed by atoms with van der Waals surface area (Å²) in [6, 6.07) is 13.2. The van der Waals surface area contributed by atoms with Crippen molar-refractivity contribution in [1.29, 1.82) is 5.26 Å². The molecule has 0 radical (unpaired) electrons. The van der Waals surface area contributed by atoms with Gasteiger partial charge in [0.1, 0.15) is 0 Å². The third-order valence-electron chi connectivity index (χ3n) is 2.79. The minimum atomic E-state index is -3.64. The van der Waals surface area contributed by atoms with Crippen LogP contribution < -0.4 is 10.5 Å². The van der Waals surface area contributed by atoms with Gasteiger partial charge in [0.15, 0.2) is 0 Å². The third kappa shape index (κ3) is 3.82. The van der Waals surface area contributed by atoms with Crippen LogP contribution in [0.4, 0.5) is 5.69 Å². The van der Waals surface area contributed by atoms with Crippen molar-refractivity contribution in [3.63, 3.8) is 0 Å². The number of nitrogen functional groups attached to an aromatic ring is 1. The Bertz CT molecular complexity index is 796. The van der Waals surface area contributed by atoms with E-state index in [0.717, 1.165) is 5.56 Å². The van der Waals surface area contributed by atoms with E-state index in [0.29, 0.717) is 15.7 Å². The molecule has 0 spiro atoms. The number of hydrogen-bond acceptors (Lipinski definition) is 4. The van der Waals surface area contributed by atoms with Crippen LogP contribution in [0.1, 0.15) is 11.1 Å². The molecule has 21 heavy (non-hydrogen) atoms. The highest BCUT2D eigenvalue weighted by Crippen LogP contribution is 2.24. The predicted molar refractivity (Wildman–Crippen MR) is 83.7 cm³/mol. The van der Waals surface area contributed by atoms with Crippen LogP contribution in [-0.4, -0.2) is 8.42 Å². The van der Waals surface area contributed by atoms with Crippen molar-refractivity contribution in [3.8, 4) is 6.07 Å². The van der Waals surface area contributed by atoms with Gasteiger partial charge in [-0.05, 0) is 51.8 Å². The molecule has 0 unspecified atom stereocenters. The van der Waals surface area contributed by atoms with E-state index in [1.807, 2.05) is 6.07 Å². The number of halogens is 1. The van der Waals surface area contributed by atoms with Crippen molar-refractivity contribution >= 4 is 31.6 Å². The van der Waals surface area contributed by atoms with Gasteiger partial charge in [-0.2, -0.15) is 5.26 Å². The Morgan fingerprint density at radius 3 is 2.43 bits per heavy atom. The number of nitriles is 1. The molecule has 0 fully saturated rings. The second-order valence-corrected chi connectivity index (χ2v) is 6.91. The molecule has 2 rings (SSSR count). The Labute approximate surface area is 131 Å². The van der Waals surface area contributed by atoms with Gasteiger partial charge in [-0.1, -0.05) is 12.1 Å². The van der Waals surface area contributed by atoms with Gasteiger partial charge in [-0.25, -0.2) is 13.1 Å². The fourth-order valence-corrected chi connectivity index (χ4v) is 3.80. The number of nitrogens with zero attached hydrogens (tertiary/aromatic N) is 1. The summed E-state index contributed by atoms with van der Waals surface area (Å²) in [6.07, 6.45) is 0. The van der Waals surface area contributed by atoms with E-state index in [2.05, 4.69) is 20.7 Å². The molecule has 0 aromatic heterocycles. The van der Waals surface area contributed by atoms with E-state index in [1.165, 1.54) is 18.2 Å². The molecule has 0 saturated heterocycles. The van der Waals surface area contributed by atoms with Crippen molar-refractivity contribution in [1.82, 2.24) is 4.72 Å². The highest BCUT2D eigenvalue weighted by molar-refractivity contribution is 9.10. The third-order valence-corrected chi connectivity index (χ3v) is 5.17. The molecule has 0 aliphatic rings. The van der Waals surface area contributed by atoms with Gasteiger partial charge in [-0.3, -0.25) is 0 Å². The van der Waals surface area contributed by atoms with Crippen LogP contribution >= 0.6 is 15.9 Å². The van der Waals surface area contributed by atoms with Crippen molar-refractivity contribution in [3.05, 3.63) is 58.1 Å². The molecule has 0 aliphatic heterocycles. The highest BCUT2D eigenvalue weighted by Gasteiger charge is 2.17. The number of nitrogens with two attached hydrogens (primary N) is 1. The molecule has 0 aliphatic carbocycles. The Morgan fingerprint density at radius 1 is 1.19 bits per heavy atom. The lowest BCUT2D eigenvalue weighted by Gasteiger charge is -2.09. The lowest BCUT2D eigenvalue weighted by atomic mass is 10.1. The molecule has 7 heteroatoms. The quantitative estimate of drug-likeness (QED) is 0.812. The minimum absolute atomic E-state index is 0.130. The molecule has 0 heterocycles. The zero-order chi connectivity index (χ0) is 15.5. The molecule has 0 bridgehead atoms. The SMILES string of the molecule is N#Cc1ccc(CNS(=O)(=O)c2ccc(N)cc2Br)cc1. The van der Waals surface area contributed by atoms with Gasteiger partial charge in [0.2, 0.25) is 10.0 Å². The minimum Gasteiger partial charge on any atom is -0.399 e. The summed E-state index contributed by atoms with van der Waals surface area (Å²) in [5, 5.41) is 8.71. The first-order chi connectivity index (χ1) is 9.92. The molecule has 0 atom stereocenters. The van der Waals surface area contributed by atoms with Gasteiger partial charge in [0, 0.05) is 16.7 Å². The van der Waals surface area contributed by atoms with E-state index < -0.39 is 10.0 Å². The van der Waals surface area contributed by atoms with Gasteiger partial charge in [0.25, 0.3) is 0 Å². The van der Waals surface area contributed by atoms with Crippen molar-refractivity contribution < 1.29 is 8.42 Å². The Balaban J connectivity index is 2.16. The van der Waals surface area contributed by atoms with E-state index in [9.17, 15) is 8.42 Å². The maximum absolute atomic E-state index is 12.2. The molecule has 5 nitrogen and oxygen atoms in total. The summed E-state index contributed by atoms with van der Waals surface area (Å²) in [4.78, 5) is 0.130. The number of hydrogen-bond donors (Lipinski definition) is 2. The maximum Gasteiger partial charge on any atom is 0.241 e. The number of nitrogens with one attached hydrogen (secondary N) is 1. The van der Waals surface area contributed by atoms with Crippen LogP contribution in [0.15, 0.2) is 51.8 Å². The molecular formula is C14H12BrN3O2S. The van der Waals surface area contributed by atoms with Gasteiger partial charge in [0.05, 0.1) is 16.5 Å². The first-order valence-electron chi connectivity index (χ1n) is 5.96.